The molecule has 0 aliphatic carbocycles. The van der Waals surface area contributed by atoms with Crippen molar-refractivity contribution in [3.8, 4) is 0 Å². The Hall–Kier alpha value is -2.18. The van der Waals surface area contributed by atoms with Gasteiger partial charge in [-0.05, 0) is 47.7 Å². The lowest BCUT2D eigenvalue weighted by atomic mass is 10.0. The van der Waals surface area contributed by atoms with Crippen molar-refractivity contribution >= 4 is 21.6 Å². The Morgan fingerprint density at radius 3 is 2.23 bits per heavy atom. The zero-order chi connectivity index (χ0) is 18.7. The molecule has 0 atom stereocenters. The van der Waals surface area contributed by atoms with Gasteiger partial charge in [-0.2, -0.15) is 0 Å². The minimum Gasteiger partial charge on any atom is -0.312 e. The van der Waals surface area contributed by atoms with Gasteiger partial charge in [-0.25, -0.2) is 13.1 Å². The molecule has 1 fully saturated rings. The number of benzene rings is 2. The van der Waals surface area contributed by atoms with Crippen LogP contribution < -0.4 is 9.62 Å². The molecule has 0 bridgehead atoms. The van der Waals surface area contributed by atoms with Crippen LogP contribution in [0.5, 0.6) is 0 Å². The molecule has 6 heteroatoms. The monoisotopic (exact) mass is 372 g/mol. The summed E-state index contributed by atoms with van der Waals surface area (Å²) in [6.07, 6.45) is 1.40. The Morgan fingerprint density at radius 2 is 1.69 bits per heavy atom. The largest absolute Gasteiger partial charge is 0.312 e. The van der Waals surface area contributed by atoms with Crippen LogP contribution in [0.15, 0.2) is 53.4 Å². The molecule has 1 aliphatic heterocycles. The van der Waals surface area contributed by atoms with Crippen LogP contribution in [0.1, 0.15) is 43.7 Å². The average molecular weight is 372 g/mol. The Balaban J connectivity index is 1.67. The normalized spacial score (nSPS) is 15.0. The van der Waals surface area contributed by atoms with Crippen LogP contribution in [0.25, 0.3) is 0 Å². The predicted octanol–water partition coefficient (Wildman–Crippen LogP) is 3.42. The Bertz CT molecular complexity index is 872. The second-order valence-corrected chi connectivity index (χ2v) is 8.63. The number of hydrogen-bond donors (Lipinski definition) is 1. The summed E-state index contributed by atoms with van der Waals surface area (Å²) in [4.78, 5) is 13.7. The van der Waals surface area contributed by atoms with Crippen molar-refractivity contribution in [2.75, 3.05) is 11.4 Å². The van der Waals surface area contributed by atoms with Crippen molar-refractivity contribution in [1.82, 2.24) is 4.72 Å². The molecule has 3 rings (SSSR count). The molecule has 1 amide bonds. The molecule has 1 saturated heterocycles. The first-order valence-corrected chi connectivity index (χ1v) is 10.3. The zero-order valence-electron chi connectivity index (χ0n) is 15.1. The molecule has 0 unspecified atom stereocenters. The fourth-order valence-electron chi connectivity index (χ4n) is 3.01. The van der Waals surface area contributed by atoms with Crippen molar-refractivity contribution in [3.63, 3.8) is 0 Å². The third kappa shape index (κ3) is 4.14. The molecular formula is C20H24N2O3S. The van der Waals surface area contributed by atoms with E-state index in [1.807, 2.05) is 24.3 Å². The minimum absolute atomic E-state index is 0.0866. The van der Waals surface area contributed by atoms with Gasteiger partial charge in [0.15, 0.2) is 0 Å². The van der Waals surface area contributed by atoms with Crippen molar-refractivity contribution < 1.29 is 13.2 Å². The summed E-state index contributed by atoms with van der Waals surface area (Å²) in [6.45, 7) is 5.18. The molecular weight excluding hydrogens is 348 g/mol. The smallest absolute Gasteiger partial charge is 0.240 e. The van der Waals surface area contributed by atoms with Gasteiger partial charge in [0, 0.05) is 25.2 Å². The van der Waals surface area contributed by atoms with E-state index in [0.29, 0.717) is 18.9 Å². The SMILES string of the molecule is CC(C)c1ccc(CNS(=O)(=O)c2ccc(N3CCCC3=O)cc2)cc1. The fraction of sp³-hybridized carbons (Fsp3) is 0.350. The van der Waals surface area contributed by atoms with Crippen LogP contribution in [0, 0.1) is 0 Å². The summed E-state index contributed by atoms with van der Waals surface area (Å²) in [5, 5.41) is 0. The summed E-state index contributed by atoms with van der Waals surface area (Å²) in [7, 11) is -3.59. The highest BCUT2D eigenvalue weighted by Gasteiger charge is 2.22. The number of nitrogens with zero attached hydrogens (tertiary/aromatic N) is 1. The molecule has 0 spiro atoms. The van der Waals surface area contributed by atoms with Crippen LogP contribution in [0.2, 0.25) is 0 Å². The minimum atomic E-state index is -3.59. The standard InChI is InChI=1S/C20H24N2O3S/c1-15(2)17-7-5-16(6-8-17)14-21-26(24,25)19-11-9-18(10-12-19)22-13-3-4-20(22)23/h5-12,15,21H,3-4,13-14H2,1-2H3. The molecule has 0 saturated carbocycles. The van der Waals surface area contributed by atoms with Gasteiger partial charge in [-0.1, -0.05) is 38.1 Å². The molecule has 1 heterocycles. The van der Waals surface area contributed by atoms with E-state index in [1.54, 1.807) is 29.2 Å². The fourth-order valence-corrected chi connectivity index (χ4v) is 4.03. The van der Waals surface area contributed by atoms with E-state index in [9.17, 15) is 13.2 Å². The molecule has 2 aromatic rings. The first-order valence-electron chi connectivity index (χ1n) is 8.86. The second-order valence-electron chi connectivity index (χ2n) is 6.86. The maximum absolute atomic E-state index is 12.5. The maximum atomic E-state index is 12.5. The van der Waals surface area contributed by atoms with E-state index in [2.05, 4.69) is 18.6 Å². The highest BCUT2D eigenvalue weighted by Crippen LogP contribution is 2.23. The lowest BCUT2D eigenvalue weighted by molar-refractivity contribution is -0.117. The van der Waals surface area contributed by atoms with Crippen LogP contribution in [0.3, 0.4) is 0 Å². The van der Waals surface area contributed by atoms with Crippen molar-refractivity contribution in [1.29, 1.82) is 0 Å². The second kappa shape index (κ2) is 7.60. The third-order valence-electron chi connectivity index (χ3n) is 4.64. The van der Waals surface area contributed by atoms with Gasteiger partial charge in [0.25, 0.3) is 0 Å². The summed E-state index contributed by atoms with van der Waals surface area (Å²) in [5.74, 6) is 0.533. The van der Waals surface area contributed by atoms with Crippen LogP contribution in [-0.4, -0.2) is 20.9 Å². The number of nitrogens with one attached hydrogen (secondary N) is 1. The van der Waals surface area contributed by atoms with E-state index >= 15 is 0 Å². The maximum Gasteiger partial charge on any atom is 0.240 e. The van der Waals surface area contributed by atoms with Gasteiger partial charge in [-0.15, -0.1) is 0 Å². The Kier molecular flexibility index (Phi) is 5.44. The predicted molar refractivity (Wildman–Crippen MR) is 103 cm³/mol. The quantitative estimate of drug-likeness (QED) is 0.845. The lowest BCUT2D eigenvalue weighted by Gasteiger charge is -2.16. The topological polar surface area (TPSA) is 66.5 Å². The van der Waals surface area contributed by atoms with E-state index in [0.717, 1.165) is 17.7 Å². The summed E-state index contributed by atoms with van der Waals surface area (Å²) >= 11 is 0. The highest BCUT2D eigenvalue weighted by atomic mass is 32.2. The molecule has 26 heavy (non-hydrogen) atoms. The van der Waals surface area contributed by atoms with Gasteiger partial charge >= 0.3 is 0 Å². The summed E-state index contributed by atoms with van der Waals surface area (Å²) in [5.41, 5.74) is 2.89. The van der Waals surface area contributed by atoms with Crippen LogP contribution in [-0.2, 0) is 21.4 Å². The molecule has 1 aliphatic rings. The van der Waals surface area contributed by atoms with Gasteiger partial charge in [-0.3, -0.25) is 4.79 Å². The van der Waals surface area contributed by atoms with Crippen LogP contribution >= 0.6 is 0 Å². The first kappa shape index (κ1) is 18.6. The molecule has 0 radical (unpaired) electrons. The number of sulfonamides is 1. The molecule has 1 N–H and O–H groups in total. The number of amides is 1. The third-order valence-corrected chi connectivity index (χ3v) is 6.06. The van der Waals surface area contributed by atoms with E-state index in [-0.39, 0.29) is 17.3 Å². The van der Waals surface area contributed by atoms with Crippen molar-refractivity contribution in [2.45, 2.75) is 44.0 Å². The molecule has 2 aromatic carbocycles. The van der Waals surface area contributed by atoms with Gasteiger partial charge in [0.05, 0.1) is 4.90 Å². The highest BCUT2D eigenvalue weighted by molar-refractivity contribution is 7.89. The van der Waals surface area contributed by atoms with Gasteiger partial charge < -0.3 is 4.90 Å². The molecule has 5 nitrogen and oxygen atoms in total. The van der Waals surface area contributed by atoms with Crippen LogP contribution in [0.4, 0.5) is 5.69 Å². The number of rotatable bonds is 6. The van der Waals surface area contributed by atoms with E-state index < -0.39 is 10.0 Å². The number of hydrogen-bond acceptors (Lipinski definition) is 3. The lowest BCUT2D eigenvalue weighted by Crippen LogP contribution is -2.25. The van der Waals surface area contributed by atoms with Crippen molar-refractivity contribution in [2.24, 2.45) is 0 Å². The summed E-state index contributed by atoms with van der Waals surface area (Å²) in [6, 6.07) is 14.4. The van der Waals surface area contributed by atoms with Gasteiger partial charge in [0.2, 0.25) is 15.9 Å². The Morgan fingerprint density at radius 1 is 1.04 bits per heavy atom. The van der Waals surface area contributed by atoms with E-state index in [4.69, 9.17) is 0 Å². The first-order chi connectivity index (χ1) is 12.4. The summed E-state index contributed by atoms with van der Waals surface area (Å²) < 4.78 is 27.6. The zero-order valence-corrected chi connectivity index (χ0v) is 15.9. The molecule has 0 aromatic heterocycles. The Labute approximate surface area is 155 Å². The van der Waals surface area contributed by atoms with Crippen molar-refractivity contribution in [3.05, 3.63) is 59.7 Å². The average Bonchev–Trinajstić information content (AvgIpc) is 3.06. The number of anilines is 1. The number of carbonyl (C=O) groups excluding carboxylic acids is 1. The number of carbonyl (C=O) groups is 1. The molecule has 138 valence electrons. The van der Waals surface area contributed by atoms with E-state index in [1.165, 1.54) is 5.56 Å². The van der Waals surface area contributed by atoms with Gasteiger partial charge in [0.1, 0.15) is 0 Å².